The maximum absolute atomic E-state index is 13.4. The molecule has 2 amide bonds. The van der Waals surface area contributed by atoms with Gasteiger partial charge in [0.15, 0.2) is 7.28 Å². The highest BCUT2D eigenvalue weighted by Crippen LogP contribution is 2.47. The first-order valence-corrected chi connectivity index (χ1v) is 16.2. The van der Waals surface area contributed by atoms with Crippen LogP contribution >= 0.6 is 6.72 Å². The van der Waals surface area contributed by atoms with Gasteiger partial charge in [-0.2, -0.15) is 5.11 Å². The highest BCUT2D eigenvalue weighted by atomic mass is 32.5. The van der Waals surface area contributed by atoms with E-state index in [1.165, 1.54) is 0 Å². The standard InChI is InChI=1S/C27H35BN5O5PS/c29-26-21-11-5-6-12-22(21)33(18-19-9-3-4-10-20(19)27(26)32-30)25(35)14-13-24(34)31-15-7-1-2-8-16-37-39(36,40)38-23-17-28-23/h3-6,9-12,23,28,30H,1-2,7-8,13-18,29H2,(H,31,34)(H,36,40)/b27-26-,32-30?. The van der Waals surface area contributed by atoms with Crippen molar-refractivity contribution in [3.8, 4) is 0 Å². The minimum absolute atomic E-state index is 0.0506. The van der Waals surface area contributed by atoms with Crippen LogP contribution in [0.25, 0.3) is 11.4 Å². The van der Waals surface area contributed by atoms with Crippen molar-refractivity contribution in [3.05, 3.63) is 65.2 Å². The number of nitrogens with one attached hydrogen (secondary N) is 2. The summed E-state index contributed by atoms with van der Waals surface area (Å²) in [4.78, 5) is 37.4. The fourth-order valence-electron chi connectivity index (χ4n) is 4.52. The summed E-state index contributed by atoms with van der Waals surface area (Å²) in [6, 6.07) is 14.8. The van der Waals surface area contributed by atoms with Crippen LogP contribution in [0.2, 0.25) is 6.32 Å². The first kappa shape index (κ1) is 30.1. The number of anilines is 1. The molecule has 1 saturated heterocycles. The highest BCUT2D eigenvalue weighted by Gasteiger charge is 2.31. The zero-order chi connectivity index (χ0) is 28.5. The summed E-state index contributed by atoms with van der Waals surface area (Å²) in [6.07, 6.45) is 4.40. The molecule has 0 spiro atoms. The molecule has 2 aliphatic rings. The van der Waals surface area contributed by atoms with E-state index in [1.807, 2.05) is 48.5 Å². The number of hydrogen-bond donors (Lipinski definition) is 4. The fourth-order valence-corrected chi connectivity index (χ4v) is 6.12. The third-order valence-electron chi connectivity index (χ3n) is 6.77. The van der Waals surface area contributed by atoms with Gasteiger partial charge in [-0.1, -0.05) is 61.6 Å². The summed E-state index contributed by atoms with van der Waals surface area (Å²) in [6.45, 7) is -1.94. The number of rotatable bonds is 14. The molecule has 2 unspecified atom stereocenters. The summed E-state index contributed by atoms with van der Waals surface area (Å²) >= 11 is 4.99. The van der Waals surface area contributed by atoms with E-state index in [-0.39, 0.29) is 37.2 Å². The summed E-state index contributed by atoms with van der Waals surface area (Å²) in [5.74, 6) is -0.364. The van der Waals surface area contributed by atoms with Crippen molar-refractivity contribution < 1.29 is 23.5 Å². The molecule has 2 aromatic carbocycles. The molecular weight excluding hydrogens is 548 g/mol. The Kier molecular flexibility index (Phi) is 10.6. The first-order valence-electron chi connectivity index (χ1n) is 13.6. The average molecular weight is 583 g/mol. The minimum atomic E-state index is -3.11. The van der Waals surface area contributed by atoms with Crippen molar-refractivity contribution in [1.29, 1.82) is 5.53 Å². The first-order chi connectivity index (χ1) is 19.3. The van der Waals surface area contributed by atoms with Crippen molar-refractivity contribution in [2.45, 2.75) is 57.4 Å². The van der Waals surface area contributed by atoms with Gasteiger partial charge in [0, 0.05) is 36.5 Å². The highest BCUT2D eigenvalue weighted by molar-refractivity contribution is 8.07. The molecule has 4 rings (SSSR count). The van der Waals surface area contributed by atoms with Gasteiger partial charge in [0.2, 0.25) is 11.8 Å². The van der Waals surface area contributed by atoms with E-state index in [1.54, 1.807) is 4.90 Å². The zero-order valence-electron chi connectivity index (χ0n) is 22.4. The SMILES string of the molecule is N=N/C1=C(\N)c2ccccc2N(C(=O)CCC(=O)NCCCCCCOP(O)(=S)OC2BC2)Cc2ccccc21. The molecule has 1 fully saturated rings. The van der Waals surface area contributed by atoms with Crippen molar-refractivity contribution in [3.63, 3.8) is 0 Å². The molecule has 5 N–H and O–H groups in total. The van der Waals surface area contributed by atoms with E-state index >= 15 is 0 Å². The van der Waals surface area contributed by atoms with Gasteiger partial charge in [-0.15, -0.1) is 0 Å². The van der Waals surface area contributed by atoms with Crippen LogP contribution in [0.15, 0.2) is 53.6 Å². The van der Waals surface area contributed by atoms with Gasteiger partial charge in [-0.3, -0.25) is 9.59 Å². The molecule has 2 aliphatic heterocycles. The molecule has 0 saturated carbocycles. The molecule has 2 heterocycles. The molecule has 0 aromatic heterocycles. The molecular formula is C27H35BN5O5PS. The molecule has 2 atom stereocenters. The Balaban J connectivity index is 1.24. The smallest absolute Gasteiger partial charge is 0.324 e. The quantitative estimate of drug-likeness (QED) is 0.112. The van der Waals surface area contributed by atoms with Crippen molar-refractivity contribution in [2.75, 3.05) is 18.1 Å². The number of nitrogens with two attached hydrogens (primary N) is 1. The Morgan fingerprint density at radius 3 is 2.58 bits per heavy atom. The second-order valence-corrected chi connectivity index (χ2v) is 12.7. The Morgan fingerprint density at radius 2 is 1.82 bits per heavy atom. The lowest BCUT2D eigenvalue weighted by molar-refractivity contribution is -0.125. The molecule has 40 heavy (non-hydrogen) atoms. The molecule has 0 bridgehead atoms. The normalized spacial score (nSPS) is 19.2. The summed E-state index contributed by atoms with van der Waals surface area (Å²) < 4.78 is 10.7. The second kappa shape index (κ2) is 14.1. The number of benzene rings is 2. The van der Waals surface area contributed by atoms with Crippen LogP contribution in [0.1, 0.15) is 55.2 Å². The summed E-state index contributed by atoms with van der Waals surface area (Å²) in [5.41, 5.74) is 17.6. The number of nitrogens with zero attached hydrogens (tertiary/aromatic N) is 2. The van der Waals surface area contributed by atoms with Crippen LogP contribution in [0.5, 0.6) is 0 Å². The monoisotopic (exact) mass is 583 g/mol. The van der Waals surface area contributed by atoms with Crippen molar-refractivity contribution in [2.24, 2.45) is 10.8 Å². The Bertz CT molecular complexity index is 1320. The number of hydrogen-bond acceptors (Lipinski definition) is 8. The number of carbonyl (C=O) groups excluding carboxylic acids is 2. The second-order valence-electron chi connectivity index (χ2n) is 9.90. The molecule has 10 nitrogen and oxygen atoms in total. The third-order valence-corrected chi connectivity index (χ3v) is 8.42. The van der Waals surface area contributed by atoms with E-state index in [9.17, 15) is 14.5 Å². The number of fused-ring (bicyclic) bond motifs is 2. The van der Waals surface area contributed by atoms with Gasteiger partial charge in [0.1, 0.15) is 5.70 Å². The topological polar surface area (TPSA) is 150 Å². The summed E-state index contributed by atoms with van der Waals surface area (Å²) in [7, 11) is 0.931. The molecule has 2 aromatic rings. The van der Waals surface area contributed by atoms with Gasteiger partial charge in [0.05, 0.1) is 24.5 Å². The van der Waals surface area contributed by atoms with E-state index in [0.717, 1.165) is 44.8 Å². The number of amides is 2. The van der Waals surface area contributed by atoms with Gasteiger partial charge in [0.25, 0.3) is 0 Å². The molecule has 0 radical (unpaired) electrons. The molecule has 13 heteroatoms. The Morgan fingerprint density at radius 1 is 1.12 bits per heavy atom. The van der Waals surface area contributed by atoms with E-state index in [2.05, 4.69) is 10.4 Å². The van der Waals surface area contributed by atoms with Gasteiger partial charge >= 0.3 is 6.72 Å². The lowest BCUT2D eigenvalue weighted by Crippen LogP contribution is -2.34. The minimum Gasteiger partial charge on any atom is -0.396 e. The Hall–Kier alpha value is -2.89. The van der Waals surface area contributed by atoms with Crippen molar-refractivity contribution >= 4 is 54.7 Å². The van der Waals surface area contributed by atoms with Crippen LogP contribution in [-0.2, 0) is 37.0 Å². The number of carbonyl (C=O) groups is 2. The van der Waals surface area contributed by atoms with Crippen LogP contribution in [-0.4, -0.2) is 43.1 Å². The summed E-state index contributed by atoms with van der Waals surface area (Å²) in [5, 5.41) is 6.59. The fraction of sp³-hybridized carbons (Fsp3) is 0.407. The van der Waals surface area contributed by atoms with E-state index in [0.29, 0.717) is 41.4 Å². The van der Waals surface area contributed by atoms with E-state index in [4.69, 9.17) is 32.1 Å². The number of unbranched alkanes of at least 4 members (excludes halogenated alkanes) is 3. The van der Waals surface area contributed by atoms with Gasteiger partial charge in [-0.25, -0.2) is 5.53 Å². The number of para-hydroxylation sites is 1. The largest absolute Gasteiger partial charge is 0.396 e. The molecule has 0 aliphatic carbocycles. The molecule has 212 valence electrons. The van der Waals surface area contributed by atoms with Crippen molar-refractivity contribution in [1.82, 2.24) is 5.32 Å². The lowest BCUT2D eigenvalue weighted by atomic mass is 9.96. The van der Waals surface area contributed by atoms with Gasteiger partial charge in [-0.05, 0) is 36.3 Å². The third kappa shape index (κ3) is 8.31. The van der Waals surface area contributed by atoms with Gasteiger partial charge < -0.3 is 29.9 Å². The Labute approximate surface area is 240 Å². The lowest BCUT2D eigenvalue weighted by Gasteiger charge is -2.29. The van der Waals surface area contributed by atoms with Crippen LogP contribution in [0.4, 0.5) is 5.69 Å². The van der Waals surface area contributed by atoms with Crippen LogP contribution < -0.4 is 16.0 Å². The van der Waals surface area contributed by atoms with Crippen LogP contribution in [0, 0.1) is 5.53 Å². The zero-order valence-corrected chi connectivity index (χ0v) is 24.1. The predicted octanol–water partition coefficient (Wildman–Crippen LogP) is 4.25. The van der Waals surface area contributed by atoms with Crippen LogP contribution in [0.3, 0.4) is 0 Å². The maximum atomic E-state index is 13.4. The maximum Gasteiger partial charge on any atom is 0.324 e. The predicted molar refractivity (Wildman–Crippen MR) is 160 cm³/mol. The van der Waals surface area contributed by atoms with E-state index < -0.39 is 6.72 Å². The average Bonchev–Trinajstić information content (AvgIpc) is 3.75.